The number of benzene rings is 1. The van der Waals surface area contributed by atoms with E-state index >= 15 is 0 Å². The molecule has 0 bridgehead atoms. The normalized spacial score (nSPS) is 11.3. The summed E-state index contributed by atoms with van der Waals surface area (Å²) in [5.74, 6) is -0.180. The molecule has 1 amide bonds. The molecular formula is C14H18N4O2. The summed E-state index contributed by atoms with van der Waals surface area (Å²) in [5.41, 5.74) is 1.25. The van der Waals surface area contributed by atoms with Gasteiger partial charge in [0.15, 0.2) is 0 Å². The smallest absolute Gasteiger partial charge is 0.250 e. The summed E-state index contributed by atoms with van der Waals surface area (Å²) in [6, 6.07) is 7.43. The summed E-state index contributed by atoms with van der Waals surface area (Å²) in [4.78, 5) is 11.8. The molecule has 1 aromatic heterocycles. The Hall–Kier alpha value is -2.21. The molecule has 0 unspecified atom stereocenters. The SMILES string of the molecule is CC(C)(C)OCC(=O)Nc1cccc(-n2cnnc2)c1. The molecule has 20 heavy (non-hydrogen) atoms. The maximum atomic E-state index is 11.8. The highest BCUT2D eigenvalue weighted by Crippen LogP contribution is 2.14. The van der Waals surface area contributed by atoms with E-state index in [2.05, 4.69) is 15.5 Å². The molecule has 0 saturated heterocycles. The molecule has 2 aromatic rings. The first-order chi connectivity index (χ1) is 9.44. The Morgan fingerprint density at radius 3 is 2.65 bits per heavy atom. The summed E-state index contributed by atoms with van der Waals surface area (Å²) in [5, 5.41) is 10.3. The average Bonchev–Trinajstić information content (AvgIpc) is 2.90. The van der Waals surface area contributed by atoms with Gasteiger partial charge in [-0.3, -0.25) is 9.36 Å². The topological polar surface area (TPSA) is 69.0 Å². The van der Waals surface area contributed by atoms with Gasteiger partial charge >= 0.3 is 0 Å². The summed E-state index contributed by atoms with van der Waals surface area (Å²) >= 11 is 0. The van der Waals surface area contributed by atoms with E-state index in [1.54, 1.807) is 17.2 Å². The molecule has 1 heterocycles. The van der Waals surface area contributed by atoms with E-state index in [1.165, 1.54) is 0 Å². The molecule has 2 rings (SSSR count). The second-order valence-corrected chi connectivity index (χ2v) is 5.37. The monoisotopic (exact) mass is 274 g/mol. The summed E-state index contributed by atoms with van der Waals surface area (Å²) in [6.07, 6.45) is 3.20. The fraction of sp³-hybridized carbons (Fsp3) is 0.357. The van der Waals surface area contributed by atoms with Gasteiger partial charge in [0.25, 0.3) is 0 Å². The molecule has 0 aliphatic carbocycles. The van der Waals surface area contributed by atoms with Crippen LogP contribution in [0.2, 0.25) is 0 Å². The minimum absolute atomic E-state index is 0.0281. The van der Waals surface area contributed by atoms with Crippen LogP contribution in [0.4, 0.5) is 5.69 Å². The summed E-state index contributed by atoms with van der Waals surface area (Å²) < 4.78 is 7.19. The standard InChI is InChI=1S/C14H18N4O2/c1-14(2,3)20-8-13(19)17-11-5-4-6-12(7-11)18-9-15-16-10-18/h4-7,9-10H,8H2,1-3H3,(H,17,19). The van der Waals surface area contributed by atoms with Gasteiger partial charge in [-0.25, -0.2) is 0 Å². The Labute approximate surface area is 117 Å². The molecule has 0 aliphatic rings. The quantitative estimate of drug-likeness (QED) is 0.926. The van der Waals surface area contributed by atoms with Crippen molar-refractivity contribution in [1.82, 2.24) is 14.8 Å². The van der Waals surface area contributed by atoms with Crippen LogP contribution in [0.3, 0.4) is 0 Å². The van der Waals surface area contributed by atoms with E-state index in [0.717, 1.165) is 5.69 Å². The van der Waals surface area contributed by atoms with Crippen molar-refractivity contribution in [1.29, 1.82) is 0 Å². The number of amides is 1. The second kappa shape index (κ2) is 5.83. The van der Waals surface area contributed by atoms with E-state index in [-0.39, 0.29) is 18.1 Å². The van der Waals surface area contributed by atoms with Crippen LogP contribution in [-0.2, 0) is 9.53 Å². The van der Waals surface area contributed by atoms with Crippen molar-refractivity contribution in [3.8, 4) is 5.69 Å². The number of rotatable bonds is 4. The van der Waals surface area contributed by atoms with Crippen molar-refractivity contribution in [2.45, 2.75) is 26.4 Å². The van der Waals surface area contributed by atoms with Crippen LogP contribution in [-0.4, -0.2) is 32.9 Å². The zero-order chi connectivity index (χ0) is 14.6. The van der Waals surface area contributed by atoms with Crippen molar-refractivity contribution < 1.29 is 9.53 Å². The largest absolute Gasteiger partial charge is 0.366 e. The lowest BCUT2D eigenvalue weighted by Crippen LogP contribution is -2.27. The first-order valence-electron chi connectivity index (χ1n) is 6.33. The maximum absolute atomic E-state index is 11.8. The number of carbonyl (C=O) groups is 1. The predicted octanol–water partition coefficient (Wildman–Crippen LogP) is 2.02. The Bertz CT molecular complexity index is 573. The van der Waals surface area contributed by atoms with Gasteiger partial charge in [-0.2, -0.15) is 0 Å². The van der Waals surface area contributed by atoms with Crippen LogP contribution < -0.4 is 5.32 Å². The van der Waals surface area contributed by atoms with Gasteiger partial charge < -0.3 is 10.1 Å². The molecule has 1 aromatic carbocycles. The summed E-state index contributed by atoms with van der Waals surface area (Å²) in [7, 11) is 0. The number of nitrogens with zero attached hydrogens (tertiary/aromatic N) is 3. The number of nitrogens with one attached hydrogen (secondary N) is 1. The van der Waals surface area contributed by atoms with Crippen LogP contribution in [0.25, 0.3) is 5.69 Å². The zero-order valence-corrected chi connectivity index (χ0v) is 11.8. The number of aromatic nitrogens is 3. The average molecular weight is 274 g/mol. The zero-order valence-electron chi connectivity index (χ0n) is 11.8. The molecule has 0 atom stereocenters. The molecule has 106 valence electrons. The van der Waals surface area contributed by atoms with Crippen LogP contribution in [0, 0.1) is 0 Å². The maximum Gasteiger partial charge on any atom is 0.250 e. The molecule has 0 spiro atoms. The van der Waals surface area contributed by atoms with Crippen molar-refractivity contribution >= 4 is 11.6 Å². The minimum Gasteiger partial charge on any atom is -0.366 e. The second-order valence-electron chi connectivity index (χ2n) is 5.37. The number of ether oxygens (including phenoxy) is 1. The predicted molar refractivity (Wildman–Crippen MR) is 75.7 cm³/mol. The van der Waals surface area contributed by atoms with Gasteiger partial charge in [0.2, 0.25) is 5.91 Å². The Balaban J connectivity index is 2.00. The third kappa shape index (κ3) is 4.17. The van der Waals surface area contributed by atoms with Crippen LogP contribution in [0.15, 0.2) is 36.9 Å². The lowest BCUT2D eigenvalue weighted by Gasteiger charge is -2.19. The van der Waals surface area contributed by atoms with Crippen LogP contribution >= 0.6 is 0 Å². The lowest BCUT2D eigenvalue weighted by atomic mass is 10.2. The van der Waals surface area contributed by atoms with Crippen LogP contribution in [0.5, 0.6) is 0 Å². The minimum atomic E-state index is -0.332. The molecule has 6 nitrogen and oxygen atoms in total. The van der Waals surface area contributed by atoms with E-state index in [9.17, 15) is 4.79 Å². The fourth-order valence-electron chi connectivity index (χ4n) is 1.56. The highest BCUT2D eigenvalue weighted by atomic mass is 16.5. The number of anilines is 1. The van der Waals surface area contributed by atoms with Crippen molar-refractivity contribution in [3.63, 3.8) is 0 Å². The third-order valence-corrected chi connectivity index (χ3v) is 2.48. The van der Waals surface area contributed by atoms with Gasteiger partial charge in [0, 0.05) is 5.69 Å². The van der Waals surface area contributed by atoms with Gasteiger partial charge in [0.05, 0.1) is 11.3 Å². The van der Waals surface area contributed by atoms with Gasteiger partial charge in [-0.1, -0.05) is 6.07 Å². The molecule has 0 radical (unpaired) electrons. The molecule has 1 N–H and O–H groups in total. The molecule has 6 heteroatoms. The van der Waals surface area contributed by atoms with E-state index in [1.807, 2.05) is 45.0 Å². The fourth-order valence-corrected chi connectivity index (χ4v) is 1.56. The molecule has 0 aliphatic heterocycles. The van der Waals surface area contributed by atoms with E-state index < -0.39 is 0 Å². The van der Waals surface area contributed by atoms with E-state index in [4.69, 9.17) is 4.74 Å². The number of hydrogen-bond acceptors (Lipinski definition) is 4. The number of hydrogen-bond donors (Lipinski definition) is 1. The third-order valence-electron chi connectivity index (χ3n) is 2.48. The first kappa shape index (κ1) is 14.2. The number of carbonyl (C=O) groups excluding carboxylic acids is 1. The van der Waals surface area contributed by atoms with Gasteiger partial charge in [-0.05, 0) is 39.0 Å². The molecule has 0 saturated carbocycles. The van der Waals surface area contributed by atoms with Crippen molar-refractivity contribution in [3.05, 3.63) is 36.9 Å². The highest BCUT2D eigenvalue weighted by Gasteiger charge is 2.13. The molecular weight excluding hydrogens is 256 g/mol. The Morgan fingerprint density at radius 1 is 1.30 bits per heavy atom. The van der Waals surface area contributed by atoms with Crippen molar-refractivity contribution in [2.24, 2.45) is 0 Å². The lowest BCUT2D eigenvalue weighted by molar-refractivity contribution is -0.125. The Kier molecular flexibility index (Phi) is 4.14. The molecule has 0 fully saturated rings. The van der Waals surface area contributed by atoms with Crippen LogP contribution in [0.1, 0.15) is 20.8 Å². The van der Waals surface area contributed by atoms with Gasteiger partial charge in [0.1, 0.15) is 19.3 Å². The van der Waals surface area contributed by atoms with Gasteiger partial charge in [-0.15, -0.1) is 10.2 Å². The highest BCUT2D eigenvalue weighted by molar-refractivity contribution is 5.91. The van der Waals surface area contributed by atoms with E-state index in [0.29, 0.717) is 5.69 Å². The summed E-state index contributed by atoms with van der Waals surface area (Å²) in [6.45, 7) is 5.76. The first-order valence-corrected chi connectivity index (χ1v) is 6.33. The Morgan fingerprint density at radius 2 is 2.00 bits per heavy atom. The van der Waals surface area contributed by atoms with Crippen molar-refractivity contribution in [2.75, 3.05) is 11.9 Å².